The average molecular weight is 376 g/mol. The molecule has 144 valence electrons. The van der Waals surface area contributed by atoms with Gasteiger partial charge in [-0.15, -0.1) is 0 Å². The van der Waals surface area contributed by atoms with Gasteiger partial charge in [0.15, 0.2) is 0 Å². The molecular weight excluding hydrogens is 352 g/mol. The number of aromatic nitrogens is 2. The Hall–Kier alpha value is -3.08. The van der Waals surface area contributed by atoms with E-state index in [2.05, 4.69) is 35.0 Å². The van der Waals surface area contributed by atoms with Crippen LogP contribution in [0, 0.1) is 0 Å². The number of esters is 1. The number of imidazole rings is 1. The van der Waals surface area contributed by atoms with Gasteiger partial charge in [0.1, 0.15) is 11.6 Å². The van der Waals surface area contributed by atoms with Crippen LogP contribution < -0.4 is 4.74 Å². The van der Waals surface area contributed by atoms with Crippen LogP contribution in [0.2, 0.25) is 0 Å². The number of rotatable bonds is 7. The molecule has 3 aromatic rings. The van der Waals surface area contributed by atoms with Crippen LogP contribution >= 0.6 is 0 Å². The van der Waals surface area contributed by atoms with Crippen LogP contribution in [0.5, 0.6) is 5.75 Å². The Balaban J connectivity index is 1.61. The first-order valence-electron chi connectivity index (χ1n) is 9.60. The minimum Gasteiger partial charge on any atom is -0.497 e. The van der Waals surface area contributed by atoms with E-state index < -0.39 is 0 Å². The third kappa shape index (κ3) is 4.09. The van der Waals surface area contributed by atoms with Crippen LogP contribution in [-0.2, 0) is 16.0 Å². The van der Waals surface area contributed by atoms with Crippen molar-refractivity contribution < 1.29 is 14.3 Å². The molecule has 2 aromatic carbocycles. The van der Waals surface area contributed by atoms with E-state index in [1.807, 2.05) is 24.3 Å². The Morgan fingerprint density at radius 1 is 1.11 bits per heavy atom. The Bertz CT molecular complexity index is 955. The maximum atomic E-state index is 10.9. The minimum absolute atomic E-state index is 0.244. The zero-order chi connectivity index (χ0) is 19.5. The Labute approximate surface area is 164 Å². The number of hydrogen-bond donors (Lipinski definition) is 0. The first-order chi connectivity index (χ1) is 13.6. The van der Waals surface area contributed by atoms with E-state index in [9.17, 15) is 4.79 Å². The Morgan fingerprint density at radius 3 is 2.43 bits per heavy atom. The molecule has 28 heavy (non-hydrogen) atoms. The molecule has 0 aliphatic heterocycles. The molecule has 5 heteroatoms. The number of ether oxygens (including phenoxy) is 2. The van der Waals surface area contributed by atoms with Crippen molar-refractivity contribution in [3.8, 4) is 22.8 Å². The highest BCUT2D eigenvalue weighted by Gasteiger charge is 2.27. The molecule has 0 spiro atoms. The van der Waals surface area contributed by atoms with Crippen LogP contribution in [0.3, 0.4) is 0 Å². The first kappa shape index (κ1) is 18.3. The topological polar surface area (TPSA) is 53.4 Å². The smallest absolute Gasteiger partial charge is 0.302 e. The molecule has 1 heterocycles. The van der Waals surface area contributed by atoms with E-state index in [-0.39, 0.29) is 5.97 Å². The highest BCUT2D eigenvalue weighted by Crippen LogP contribution is 2.41. The van der Waals surface area contributed by atoms with Crippen LogP contribution in [0.25, 0.3) is 17.1 Å². The maximum Gasteiger partial charge on any atom is 0.302 e. The molecule has 0 saturated heterocycles. The predicted octanol–water partition coefficient (Wildman–Crippen LogP) is 4.53. The second-order valence-corrected chi connectivity index (χ2v) is 7.12. The fourth-order valence-corrected chi connectivity index (χ4v) is 3.25. The van der Waals surface area contributed by atoms with Gasteiger partial charge in [0, 0.05) is 36.7 Å². The minimum atomic E-state index is -0.244. The van der Waals surface area contributed by atoms with E-state index in [1.54, 1.807) is 7.11 Å². The van der Waals surface area contributed by atoms with Crippen molar-refractivity contribution in [2.24, 2.45) is 0 Å². The predicted molar refractivity (Wildman–Crippen MR) is 108 cm³/mol. The summed E-state index contributed by atoms with van der Waals surface area (Å²) in [6.45, 7) is 1.84. The van der Waals surface area contributed by atoms with Crippen molar-refractivity contribution in [2.75, 3.05) is 13.7 Å². The van der Waals surface area contributed by atoms with Crippen molar-refractivity contribution in [1.82, 2.24) is 9.55 Å². The van der Waals surface area contributed by atoms with Gasteiger partial charge in [-0.25, -0.2) is 4.98 Å². The number of carbonyl (C=O) groups excluding carboxylic acids is 1. The fourth-order valence-electron chi connectivity index (χ4n) is 3.25. The maximum absolute atomic E-state index is 10.9. The summed E-state index contributed by atoms with van der Waals surface area (Å²) in [7, 11) is 1.67. The molecule has 4 rings (SSSR count). The van der Waals surface area contributed by atoms with Gasteiger partial charge in [-0.05, 0) is 54.8 Å². The van der Waals surface area contributed by atoms with Gasteiger partial charge in [0.2, 0.25) is 0 Å². The van der Waals surface area contributed by atoms with Gasteiger partial charge in [-0.2, -0.15) is 0 Å². The molecule has 0 amide bonds. The largest absolute Gasteiger partial charge is 0.497 e. The van der Waals surface area contributed by atoms with Gasteiger partial charge in [-0.3, -0.25) is 9.36 Å². The second kappa shape index (κ2) is 7.89. The SMILES string of the molecule is COc1ccc(-c2nc(C3CC3)cn2-c2ccc(CCOC(C)=O)cc2)cc1. The Morgan fingerprint density at radius 2 is 1.82 bits per heavy atom. The van der Waals surface area contributed by atoms with Gasteiger partial charge in [-0.1, -0.05) is 12.1 Å². The highest BCUT2D eigenvalue weighted by molar-refractivity contribution is 5.65. The molecule has 1 aliphatic rings. The standard InChI is InChI=1S/C23H24N2O3/c1-16(26)28-14-13-17-3-9-20(10-4-17)25-15-22(18-5-6-18)24-23(25)19-7-11-21(27-2)12-8-19/h3-4,7-12,15,18H,5-6,13-14H2,1-2H3. The van der Waals surface area contributed by atoms with E-state index in [1.165, 1.54) is 19.8 Å². The molecule has 1 saturated carbocycles. The molecule has 1 aromatic heterocycles. The number of nitrogens with zero attached hydrogens (tertiary/aromatic N) is 2. The molecule has 0 atom stereocenters. The van der Waals surface area contributed by atoms with Gasteiger partial charge in [0.05, 0.1) is 19.4 Å². The summed E-state index contributed by atoms with van der Waals surface area (Å²) < 4.78 is 12.5. The fraction of sp³-hybridized carbons (Fsp3) is 0.304. The summed E-state index contributed by atoms with van der Waals surface area (Å²) >= 11 is 0. The molecule has 1 aliphatic carbocycles. The van der Waals surface area contributed by atoms with Crippen molar-refractivity contribution in [3.63, 3.8) is 0 Å². The monoisotopic (exact) mass is 376 g/mol. The molecule has 0 radical (unpaired) electrons. The summed E-state index contributed by atoms with van der Waals surface area (Å²) in [5.74, 6) is 2.12. The van der Waals surface area contributed by atoms with Crippen molar-refractivity contribution in [3.05, 3.63) is 66.0 Å². The quantitative estimate of drug-likeness (QED) is 0.569. The molecule has 0 N–H and O–H groups in total. The summed E-state index contributed by atoms with van der Waals surface area (Å²) in [6, 6.07) is 16.3. The lowest BCUT2D eigenvalue weighted by atomic mass is 10.1. The van der Waals surface area contributed by atoms with E-state index in [0.29, 0.717) is 18.9 Å². The van der Waals surface area contributed by atoms with E-state index in [4.69, 9.17) is 14.5 Å². The van der Waals surface area contributed by atoms with Crippen molar-refractivity contribution >= 4 is 5.97 Å². The summed E-state index contributed by atoms with van der Waals surface area (Å²) in [5.41, 5.74) is 4.43. The zero-order valence-electron chi connectivity index (χ0n) is 16.2. The zero-order valence-corrected chi connectivity index (χ0v) is 16.2. The third-order valence-corrected chi connectivity index (χ3v) is 4.98. The van der Waals surface area contributed by atoms with Crippen LogP contribution in [0.1, 0.15) is 36.9 Å². The highest BCUT2D eigenvalue weighted by atomic mass is 16.5. The van der Waals surface area contributed by atoms with Gasteiger partial charge < -0.3 is 9.47 Å². The molecule has 1 fully saturated rings. The Kier molecular flexibility index (Phi) is 5.15. The summed E-state index contributed by atoms with van der Waals surface area (Å²) in [5, 5.41) is 0. The number of hydrogen-bond acceptors (Lipinski definition) is 4. The molecule has 5 nitrogen and oxygen atoms in total. The number of carbonyl (C=O) groups is 1. The summed E-state index contributed by atoms with van der Waals surface area (Å²) in [6.07, 6.45) is 5.30. The van der Waals surface area contributed by atoms with Gasteiger partial charge >= 0.3 is 5.97 Å². The van der Waals surface area contributed by atoms with Crippen molar-refractivity contribution in [2.45, 2.75) is 32.1 Å². The van der Waals surface area contributed by atoms with E-state index >= 15 is 0 Å². The summed E-state index contributed by atoms with van der Waals surface area (Å²) in [4.78, 5) is 15.8. The second-order valence-electron chi connectivity index (χ2n) is 7.12. The van der Waals surface area contributed by atoms with Crippen molar-refractivity contribution in [1.29, 1.82) is 0 Å². The van der Waals surface area contributed by atoms with Crippen LogP contribution in [-0.4, -0.2) is 29.2 Å². The average Bonchev–Trinajstić information content (AvgIpc) is 3.47. The lowest BCUT2D eigenvalue weighted by Crippen LogP contribution is -2.03. The first-order valence-corrected chi connectivity index (χ1v) is 9.60. The van der Waals surface area contributed by atoms with E-state index in [0.717, 1.165) is 34.1 Å². The van der Waals surface area contributed by atoms with Crippen LogP contribution in [0.4, 0.5) is 0 Å². The number of benzene rings is 2. The lowest BCUT2D eigenvalue weighted by molar-refractivity contribution is -0.140. The molecule has 0 bridgehead atoms. The molecule has 0 unspecified atom stereocenters. The van der Waals surface area contributed by atoms with Gasteiger partial charge in [0.25, 0.3) is 0 Å². The lowest BCUT2D eigenvalue weighted by Gasteiger charge is -2.10. The third-order valence-electron chi connectivity index (χ3n) is 4.98. The molecular formula is C23H24N2O3. The van der Waals surface area contributed by atoms with Crippen LogP contribution in [0.15, 0.2) is 54.7 Å². The normalized spacial score (nSPS) is 13.4. The number of methoxy groups -OCH3 is 1.